The van der Waals surface area contributed by atoms with Crippen LogP contribution in [-0.4, -0.2) is 21.4 Å². The Morgan fingerprint density at radius 2 is 1.82 bits per heavy atom. The van der Waals surface area contributed by atoms with Gasteiger partial charge in [0.2, 0.25) is 0 Å². The molecule has 5 nitrogen and oxygen atoms in total. The molecule has 2 rings (SSSR count). The van der Waals surface area contributed by atoms with E-state index in [1.807, 2.05) is 0 Å². The van der Waals surface area contributed by atoms with E-state index in [1.54, 1.807) is 19.1 Å². The quantitative estimate of drug-likeness (QED) is 0.935. The van der Waals surface area contributed by atoms with Crippen molar-refractivity contribution >= 4 is 21.6 Å². The lowest BCUT2D eigenvalue weighted by atomic mass is 10.2. The fourth-order valence-electron chi connectivity index (χ4n) is 2.04. The summed E-state index contributed by atoms with van der Waals surface area (Å²) >= 11 is 0. The summed E-state index contributed by atoms with van der Waals surface area (Å²) in [5.74, 6) is -1.61. The first-order valence-electron chi connectivity index (χ1n) is 6.39. The van der Waals surface area contributed by atoms with Gasteiger partial charge >= 0.3 is 0 Å². The van der Waals surface area contributed by atoms with Crippen molar-refractivity contribution in [1.29, 1.82) is 0 Å². The maximum Gasteiger partial charge on any atom is 0.267 e. The lowest BCUT2D eigenvalue weighted by Gasteiger charge is -2.21. The Morgan fingerprint density at radius 3 is 2.45 bits per heavy atom. The number of nitrogens with two attached hydrogens (primary N) is 1. The number of sulfonamides is 1. The second kappa shape index (κ2) is 5.76. The van der Waals surface area contributed by atoms with Crippen LogP contribution in [0.25, 0.3) is 0 Å². The maximum absolute atomic E-state index is 13.9. The summed E-state index contributed by atoms with van der Waals surface area (Å²) in [5, 5.41) is 0. The molecule has 116 valence electrons. The minimum Gasteiger partial charge on any atom is -0.366 e. The third kappa shape index (κ3) is 2.80. The summed E-state index contributed by atoms with van der Waals surface area (Å²) in [5.41, 5.74) is 6.00. The van der Waals surface area contributed by atoms with E-state index in [1.165, 1.54) is 31.3 Å². The van der Waals surface area contributed by atoms with Crippen molar-refractivity contribution < 1.29 is 17.6 Å². The molecule has 0 radical (unpaired) electrons. The van der Waals surface area contributed by atoms with Gasteiger partial charge in [0.05, 0.1) is 11.3 Å². The summed E-state index contributed by atoms with van der Waals surface area (Å²) < 4.78 is 40.0. The van der Waals surface area contributed by atoms with E-state index < -0.39 is 26.6 Å². The van der Waals surface area contributed by atoms with E-state index in [0.717, 1.165) is 10.4 Å². The predicted octanol–water partition coefficient (Wildman–Crippen LogP) is 2.06. The van der Waals surface area contributed by atoms with Crippen LogP contribution in [0.3, 0.4) is 0 Å². The molecule has 0 aromatic heterocycles. The number of para-hydroxylation sites is 1. The van der Waals surface area contributed by atoms with Crippen LogP contribution in [0, 0.1) is 12.7 Å². The zero-order valence-electron chi connectivity index (χ0n) is 12.1. The van der Waals surface area contributed by atoms with Crippen molar-refractivity contribution in [3.8, 4) is 0 Å². The number of nitrogens with zero attached hydrogens (tertiary/aromatic N) is 1. The van der Waals surface area contributed by atoms with E-state index in [4.69, 9.17) is 5.73 Å². The minimum absolute atomic E-state index is 0.0432. The molecule has 0 aliphatic heterocycles. The SMILES string of the molecule is Cc1ccc(F)c(S(=O)(=O)N(C)c2ccccc2C(N)=O)c1. The highest BCUT2D eigenvalue weighted by molar-refractivity contribution is 7.92. The standard InChI is InChI=1S/C15H15FN2O3S/c1-10-7-8-12(16)14(9-10)22(20,21)18(2)13-6-4-3-5-11(13)15(17)19/h3-9H,1-2H3,(H2,17,19). The van der Waals surface area contributed by atoms with Crippen LogP contribution in [0.2, 0.25) is 0 Å². The van der Waals surface area contributed by atoms with Gasteiger partial charge < -0.3 is 5.73 Å². The van der Waals surface area contributed by atoms with Gasteiger partial charge in [0.25, 0.3) is 15.9 Å². The van der Waals surface area contributed by atoms with Gasteiger partial charge in [0.15, 0.2) is 0 Å². The first-order chi connectivity index (χ1) is 10.2. The first kappa shape index (κ1) is 16.0. The van der Waals surface area contributed by atoms with Crippen molar-refractivity contribution in [2.24, 2.45) is 5.73 Å². The van der Waals surface area contributed by atoms with E-state index >= 15 is 0 Å². The highest BCUT2D eigenvalue weighted by Crippen LogP contribution is 2.27. The molecule has 0 aliphatic carbocycles. The summed E-state index contributed by atoms with van der Waals surface area (Å²) in [6.45, 7) is 1.66. The number of aryl methyl sites for hydroxylation is 1. The third-order valence-electron chi connectivity index (χ3n) is 3.23. The Bertz CT molecular complexity index is 834. The van der Waals surface area contributed by atoms with Crippen LogP contribution in [-0.2, 0) is 10.0 Å². The number of halogens is 1. The van der Waals surface area contributed by atoms with E-state index in [9.17, 15) is 17.6 Å². The number of carbonyl (C=O) groups excluding carboxylic acids is 1. The highest BCUT2D eigenvalue weighted by Gasteiger charge is 2.27. The molecule has 0 bridgehead atoms. The van der Waals surface area contributed by atoms with Crippen molar-refractivity contribution in [2.75, 3.05) is 11.4 Å². The Balaban J connectivity index is 2.60. The molecule has 0 unspecified atom stereocenters. The van der Waals surface area contributed by atoms with Crippen LogP contribution >= 0.6 is 0 Å². The molecule has 2 aromatic rings. The molecule has 0 atom stereocenters. The number of amides is 1. The molecule has 2 aromatic carbocycles. The van der Waals surface area contributed by atoms with Gasteiger partial charge in [-0.05, 0) is 36.8 Å². The lowest BCUT2D eigenvalue weighted by molar-refractivity contribution is 0.100. The van der Waals surface area contributed by atoms with Crippen LogP contribution in [0.4, 0.5) is 10.1 Å². The number of primary amides is 1. The van der Waals surface area contributed by atoms with Gasteiger partial charge in [-0.3, -0.25) is 9.10 Å². The second-order valence-electron chi connectivity index (χ2n) is 4.79. The van der Waals surface area contributed by atoms with E-state index in [-0.39, 0.29) is 11.3 Å². The molecule has 22 heavy (non-hydrogen) atoms. The third-order valence-corrected chi connectivity index (χ3v) is 5.02. The molecule has 0 heterocycles. The molecule has 0 fully saturated rings. The van der Waals surface area contributed by atoms with Gasteiger partial charge in [-0.25, -0.2) is 12.8 Å². The first-order valence-corrected chi connectivity index (χ1v) is 7.83. The number of benzene rings is 2. The summed E-state index contributed by atoms with van der Waals surface area (Å²) in [7, 11) is -2.90. The number of anilines is 1. The molecule has 0 spiro atoms. The lowest BCUT2D eigenvalue weighted by Crippen LogP contribution is -2.29. The Labute approximate surface area is 128 Å². The van der Waals surface area contributed by atoms with Crippen molar-refractivity contribution in [2.45, 2.75) is 11.8 Å². The maximum atomic E-state index is 13.9. The number of hydrogen-bond donors (Lipinski definition) is 1. The largest absolute Gasteiger partial charge is 0.366 e. The Hall–Kier alpha value is -2.41. The Kier molecular flexibility index (Phi) is 4.18. The zero-order chi connectivity index (χ0) is 16.5. The van der Waals surface area contributed by atoms with Gasteiger partial charge in [-0.2, -0.15) is 0 Å². The van der Waals surface area contributed by atoms with E-state index in [0.29, 0.717) is 5.56 Å². The van der Waals surface area contributed by atoms with Gasteiger partial charge in [-0.1, -0.05) is 18.2 Å². The van der Waals surface area contributed by atoms with Crippen molar-refractivity contribution in [3.63, 3.8) is 0 Å². The topological polar surface area (TPSA) is 80.5 Å². The van der Waals surface area contributed by atoms with Crippen LogP contribution < -0.4 is 10.0 Å². The fourth-order valence-corrected chi connectivity index (χ4v) is 3.40. The summed E-state index contributed by atoms with van der Waals surface area (Å²) in [6, 6.07) is 9.80. The van der Waals surface area contributed by atoms with Gasteiger partial charge in [-0.15, -0.1) is 0 Å². The molecule has 0 saturated heterocycles. The van der Waals surface area contributed by atoms with Gasteiger partial charge in [0, 0.05) is 7.05 Å². The van der Waals surface area contributed by atoms with E-state index in [2.05, 4.69) is 0 Å². The van der Waals surface area contributed by atoms with Crippen LogP contribution in [0.15, 0.2) is 47.4 Å². The molecule has 1 amide bonds. The molecule has 0 saturated carbocycles. The summed E-state index contributed by atoms with van der Waals surface area (Å²) in [4.78, 5) is 11.0. The minimum atomic E-state index is -4.15. The number of carbonyl (C=O) groups is 1. The van der Waals surface area contributed by atoms with Crippen molar-refractivity contribution in [1.82, 2.24) is 0 Å². The average molecular weight is 322 g/mol. The number of hydrogen-bond acceptors (Lipinski definition) is 3. The monoisotopic (exact) mass is 322 g/mol. The fraction of sp³-hybridized carbons (Fsp3) is 0.133. The molecule has 7 heteroatoms. The van der Waals surface area contributed by atoms with Crippen LogP contribution in [0.5, 0.6) is 0 Å². The normalized spacial score (nSPS) is 11.2. The zero-order valence-corrected chi connectivity index (χ0v) is 12.9. The smallest absolute Gasteiger partial charge is 0.267 e. The average Bonchev–Trinajstić information content (AvgIpc) is 2.48. The second-order valence-corrected chi connectivity index (χ2v) is 6.73. The molecular weight excluding hydrogens is 307 g/mol. The highest BCUT2D eigenvalue weighted by atomic mass is 32.2. The predicted molar refractivity (Wildman–Crippen MR) is 81.7 cm³/mol. The molecular formula is C15H15FN2O3S. The van der Waals surface area contributed by atoms with Gasteiger partial charge in [0.1, 0.15) is 10.7 Å². The van der Waals surface area contributed by atoms with Crippen LogP contribution in [0.1, 0.15) is 15.9 Å². The molecule has 2 N–H and O–H groups in total. The molecule has 0 aliphatic rings. The Morgan fingerprint density at radius 1 is 1.18 bits per heavy atom. The number of rotatable bonds is 4. The summed E-state index contributed by atoms with van der Waals surface area (Å²) in [6.07, 6.45) is 0. The van der Waals surface area contributed by atoms with Crippen molar-refractivity contribution in [3.05, 3.63) is 59.4 Å².